The normalized spacial score (nSPS) is 8.42. The Morgan fingerprint density at radius 1 is 1.33 bits per heavy atom. The number of hydrogen-bond acceptors (Lipinski definition) is 2. The van der Waals surface area contributed by atoms with Gasteiger partial charge in [0.2, 0.25) is 0 Å². The second-order valence-corrected chi connectivity index (χ2v) is 1.33. The number of allylic oxidation sites excluding steroid dienone is 3. The van der Waals surface area contributed by atoms with Crippen molar-refractivity contribution in [1.82, 2.24) is 0 Å². The summed E-state index contributed by atoms with van der Waals surface area (Å²) in [6.07, 6.45) is 5.98. The Labute approximate surface area is 101 Å². The molecule has 0 atom stereocenters. The van der Waals surface area contributed by atoms with E-state index in [1.54, 1.807) is 12.2 Å². The van der Waals surface area contributed by atoms with Crippen LogP contribution in [0.3, 0.4) is 0 Å². The van der Waals surface area contributed by atoms with Crippen molar-refractivity contribution in [2.45, 2.75) is 6.92 Å². The molecule has 0 aromatic carbocycles. The quantitative estimate of drug-likeness (QED) is 0.284. The van der Waals surface area contributed by atoms with E-state index in [-0.39, 0.29) is 44.2 Å². The van der Waals surface area contributed by atoms with Crippen LogP contribution < -0.4 is 0 Å². The Morgan fingerprint density at radius 3 is 2.00 bits per heavy atom. The molecule has 0 aromatic heterocycles. The van der Waals surface area contributed by atoms with E-state index in [1.165, 1.54) is 6.08 Å². The number of hydrogen-bond donors (Lipinski definition) is 2. The predicted octanol–water partition coefficient (Wildman–Crippen LogP) is -0.0121. The van der Waals surface area contributed by atoms with E-state index in [4.69, 9.17) is 15.0 Å². The van der Waals surface area contributed by atoms with Gasteiger partial charge in [-0.3, -0.25) is 4.79 Å². The van der Waals surface area contributed by atoms with Gasteiger partial charge < -0.3 is 10.2 Å². The van der Waals surface area contributed by atoms with Crippen LogP contribution in [0.15, 0.2) is 24.3 Å². The molecular formula is C7H12CaO4. The maximum atomic E-state index is 9.75. The molecule has 0 saturated carbocycles. The fourth-order valence-electron chi connectivity index (χ4n) is 0.249. The minimum atomic E-state index is -0.914. The van der Waals surface area contributed by atoms with Gasteiger partial charge in [0.1, 0.15) is 0 Å². The van der Waals surface area contributed by atoms with Crippen molar-refractivity contribution in [3.8, 4) is 0 Å². The van der Waals surface area contributed by atoms with Gasteiger partial charge in [0, 0.05) is 6.08 Å². The molecule has 5 heteroatoms. The number of carbonyl (C=O) groups is 2. The van der Waals surface area contributed by atoms with Crippen molar-refractivity contribution < 1.29 is 19.8 Å². The van der Waals surface area contributed by atoms with Crippen LogP contribution in [0.2, 0.25) is 0 Å². The summed E-state index contributed by atoms with van der Waals surface area (Å²) >= 11 is 0. The first-order valence-corrected chi connectivity index (χ1v) is 2.79. The van der Waals surface area contributed by atoms with Crippen molar-refractivity contribution in [3.05, 3.63) is 24.3 Å². The topological polar surface area (TPSA) is 74.6 Å². The summed E-state index contributed by atoms with van der Waals surface area (Å²) in [7, 11) is 0. The number of carboxylic acid groups (broad SMARTS) is 2. The number of carboxylic acids is 1. The van der Waals surface area contributed by atoms with Crippen LogP contribution in [0.5, 0.6) is 0 Å². The molecule has 0 aliphatic rings. The first kappa shape index (κ1) is 17.7. The van der Waals surface area contributed by atoms with Gasteiger partial charge in [0.25, 0.3) is 6.47 Å². The summed E-state index contributed by atoms with van der Waals surface area (Å²) in [6, 6.07) is 0. The monoisotopic (exact) mass is 200 g/mol. The molecule has 0 unspecified atom stereocenters. The average molecular weight is 200 g/mol. The van der Waals surface area contributed by atoms with Crippen molar-refractivity contribution in [2.24, 2.45) is 0 Å². The molecule has 0 heterocycles. The summed E-state index contributed by atoms with van der Waals surface area (Å²) < 4.78 is 0. The third kappa shape index (κ3) is 33.3. The SMILES string of the molecule is C/C=C/C=C/C(=O)O.O=CO.[CaH2]. The Bertz CT molecular complexity index is 163. The zero-order valence-electron chi connectivity index (χ0n) is 6.10. The van der Waals surface area contributed by atoms with E-state index in [2.05, 4.69) is 0 Å². The molecule has 0 rings (SSSR count). The van der Waals surface area contributed by atoms with Crippen LogP contribution in [0, 0.1) is 0 Å². The fourth-order valence-corrected chi connectivity index (χ4v) is 0.249. The Balaban J connectivity index is -0.000000177. The maximum absolute atomic E-state index is 9.75. The van der Waals surface area contributed by atoms with Gasteiger partial charge in [0.15, 0.2) is 0 Å². The molecule has 0 radical (unpaired) electrons. The summed E-state index contributed by atoms with van der Waals surface area (Å²) in [4.78, 5) is 18.1. The van der Waals surface area contributed by atoms with E-state index in [9.17, 15) is 4.79 Å². The van der Waals surface area contributed by atoms with Crippen LogP contribution in [-0.4, -0.2) is 60.4 Å². The average Bonchev–Trinajstić information content (AvgIpc) is 1.89. The van der Waals surface area contributed by atoms with E-state index in [1.807, 2.05) is 6.92 Å². The molecule has 4 nitrogen and oxygen atoms in total. The van der Waals surface area contributed by atoms with E-state index < -0.39 is 5.97 Å². The van der Waals surface area contributed by atoms with Gasteiger partial charge in [-0.15, -0.1) is 0 Å². The molecule has 2 N–H and O–H groups in total. The summed E-state index contributed by atoms with van der Waals surface area (Å²) in [5.74, 6) is -0.914. The third-order valence-corrected chi connectivity index (χ3v) is 0.542. The molecule has 0 aromatic rings. The number of rotatable bonds is 2. The van der Waals surface area contributed by atoms with Crippen LogP contribution in [-0.2, 0) is 9.59 Å². The Morgan fingerprint density at radius 2 is 1.75 bits per heavy atom. The van der Waals surface area contributed by atoms with E-state index >= 15 is 0 Å². The Hall–Kier alpha value is -0.320. The van der Waals surface area contributed by atoms with Crippen molar-refractivity contribution in [3.63, 3.8) is 0 Å². The van der Waals surface area contributed by atoms with Gasteiger partial charge >= 0.3 is 43.7 Å². The van der Waals surface area contributed by atoms with Crippen LogP contribution >= 0.6 is 0 Å². The van der Waals surface area contributed by atoms with E-state index in [0.29, 0.717) is 0 Å². The zero-order chi connectivity index (χ0) is 9.11. The van der Waals surface area contributed by atoms with Gasteiger partial charge in [-0.25, -0.2) is 4.79 Å². The summed E-state index contributed by atoms with van der Waals surface area (Å²) in [6.45, 7) is 1.58. The second kappa shape index (κ2) is 17.0. The second-order valence-electron chi connectivity index (χ2n) is 1.33. The van der Waals surface area contributed by atoms with Crippen LogP contribution in [0.4, 0.5) is 0 Å². The van der Waals surface area contributed by atoms with E-state index in [0.717, 1.165) is 6.08 Å². The third-order valence-electron chi connectivity index (χ3n) is 0.542. The van der Waals surface area contributed by atoms with Crippen molar-refractivity contribution in [1.29, 1.82) is 0 Å². The molecule has 66 valence electrons. The van der Waals surface area contributed by atoms with Crippen LogP contribution in [0.25, 0.3) is 0 Å². The van der Waals surface area contributed by atoms with Gasteiger partial charge in [-0.2, -0.15) is 0 Å². The number of aliphatic carboxylic acids is 1. The zero-order valence-corrected chi connectivity index (χ0v) is 6.10. The van der Waals surface area contributed by atoms with Gasteiger partial charge in [0.05, 0.1) is 0 Å². The molecule has 0 spiro atoms. The van der Waals surface area contributed by atoms with Crippen molar-refractivity contribution >= 4 is 50.2 Å². The summed E-state index contributed by atoms with van der Waals surface area (Å²) in [5.41, 5.74) is 0. The first-order valence-electron chi connectivity index (χ1n) is 2.79. The predicted molar refractivity (Wildman–Crippen MR) is 48.8 cm³/mol. The minimum absolute atomic E-state index is 0. The standard InChI is InChI=1S/C6H8O2.CH2O2.Ca.2H/c1-2-3-4-5-6(7)8;2-1-3;;;/h2-5H,1H3,(H,7,8);1H,(H,2,3);;;/b3-2+,5-4+;;;;. The fraction of sp³-hybridized carbons (Fsp3) is 0.143. The molecule has 0 aliphatic heterocycles. The first-order chi connectivity index (χ1) is 5.18. The summed E-state index contributed by atoms with van der Waals surface area (Å²) in [5, 5.41) is 14.9. The van der Waals surface area contributed by atoms with Crippen molar-refractivity contribution in [2.75, 3.05) is 0 Å². The molecule has 0 aliphatic carbocycles. The Kier molecular flexibility index (Phi) is 25.0. The van der Waals surface area contributed by atoms with Gasteiger partial charge in [-0.05, 0) is 6.92 Å². The molecule has 0 bridgehead atoms. The molecular weight excluding hydrogens is 188 g/mol. The molecule has 0 fully saturated rings. The van der Waals surface area contributed by atoms with Crippen LogP contribution in [0.1, 0.15) is 6.92 Å². The molecule has 12 heavy (non-hydrogen) atoms. The molecule has 0 amide bonds. The molecule has 0 saturated heterocycles. The van der Waals surface area contributed by atoms with Gasteiger partial charge in [-0.1, -0.05) is 18.2 Å².